The van der Waals surface area contributed by atoms with Crippen molar-refractivity contribution in [2.24, 2.45) is 0 Å². The Labute approximate surface area is 118 Å². The molecule has 0 amide bonds. The van der Waals surface area contributed by atoms with E-state index in [1.807, 2.05) is 18.2 Å². The number of carbonyl (C=O) groups is 2. The zero-order valence-corrected chi connectivity index (χ0v) is 11.1. The molecule has 0 aliphatic heterocycles. The van der Waals surface area contributed by atoms with Crippen molar-refractivity contribution in [1.82, 2.24) is 0 Å². The monoisotopic (exact) mass is 282 g/mol. The quantitative estimate of drug-likeness (QED) is 0.312. The van der Waals surface area contributed by atoms with Gasteiger partial charge >= 0.3 is 5.97 Å². The normalized spacial score (nSPS) is 10.7. The summed E-state index contributed by atoms with van der Waals surface area (Å²) in [5.74, 6) is -2.11. The Morgan fingerprint density at radius 2 is 1.86 bits per heavy atom. The van der Waals surface area contributed by atoms with Crippen LogP contribution in [0.25, 0.3) is 21.7 Å². The van der Waals surface area contributed by atoms with E-state index < -0.39 is 17.2 Å². The van der Waals surface area contributed by atoms with Gasteiger partial charge in [-0.25, -0.2) is 4.79 Å². The third kappa shape index (κ3) is 1.99. The highest BCUT2D eigenvalue weighted by Crippen LogP contribution is 2.23. The number of methoxy groups -OCH3 is 1. The zero-order chi connectivity index (χ0) is 15.0. The van der Waals surface area contributed by atoms with Crippen molar-refractivity contribution in [2.75, 3.05) is 7.11 Å². The smallest absolute Gasteiger partial charge is 0.379 e. The minimum atomic E-state index is -1.10. The van der Waals surface area contributed by atoms with Crippen LogP contribution in [0.3, 0.4) is 0 Å². The molecular formula is C16H10O5. The maximum absolute atomic E-state index is 12.5. The molecule has 104 valence electrons. The van der Waals surface area contributed by atoms with E-state index in [1.165, 1.54) is 0 Å². The van der Waals surface area contributed by atoms with Crippen molar-refractivity contribution < 1.29 is 18.7 Å². The van der Waals surface area contributed by atoms with Crippen LogP contribution in [-0.2, 0) is 9.53 Å². The number of rotatable bonds is 2. The molecule has 0 saturated carbocycles. The van der Waals surface area contributed by atoms with Gasteiger partial charge in [-0.3, -0.25) is 9.59 Å². The van der Waals surface area contributed by atoms with Gasteiger partial charge in [0, 0.05) is 0 Å². The largest absolute Gasteiger partial charge is 0.463 e. The molecule has 5 nitrogen and oxygen atoms in total. The third-order valence-electron chi connectivity index (χ3n) is 3.28. The summed E-state index contributed by atoms with van der Waals surface area (Å²) in [4.78, 5) is 35.7. The molecule has 0 aliphatic rings. The number of ether oxygens (including phenoxy) is 1. The molecule has 0 unspecified atom stereocenters. The van der Waals surface area contributed by atoms with E-state index >= 15 is 0 Å². The molecule has 3 rings (SSSR count). The molecular weight excluding hydrogens is 272 g/mol. The molecule has 0 N–H and O–H groups in total. The SMILES string of the molecule is COC(=O)C(=O)c1coc2ccc3ccccc3c2c1=O. The number of fused-ring (bicyclic) bond motifs is 3. The molecule has 2 aromatic carbocycles. The van der Waals surface area contributed by atoms with Crippen LogP contribution in [0.15, 0.2) is 51.9 Å². The summed E-state index contributed by atoms with van der Waals surface area (Å²) in [6.07, 6.45) is 0.999. The molecule has 0 saturated heterocycles. The van der Waals surface area contributed by atoms with E-state index in [-0.39, 0.29) is 10.9 Å². The molecule has 0 radical (unpaired) electrons. The lowest BCUT2D eigenvalue weighted by atomic mass is 10.0. The summed E-state index contributed by atoms with van der Waals surface area (Å²) in [5.41, 5.74) is -0.505. The lowest BCUT2D eigenvalue weighted by Gasteiger charge is -2.04. The van der Waals surface area contributed by atoms with Gasteiger partial charge in [-0.1, -0.05) is 30.3 Å². The van der Waals surface area contributed by atoms with Crippen molar-refractivity contribution in [3.63, 3.8) is 0 Å². The first-order chi connectivity index (χ1) is 10.1. The standard InChI is InChI=1S/C16H10O5/c1-20-16(19)15(18)11-8-21-12-7-6-9-4-2-3-5-10(9)13(12)14(11)17/h2-8H,1H3. The highest BCUT2D eigenvalue weighted by Gasteiger charge is 2.22. The van der Waals surface area contributed by atoms with Crippen molar-refractivity contribution >= 4 is 33.5 Å². The average molecular weight is 282 g/mol. The van der Waals surface area contributed by atoms with Crippen LogP contribution in [0, 0.1) is 0 Å². The number of esters is 1. The molecule has 0 spiro atoms. The van der Waals surface area contributed by atoms with Gasteiger partial charge in [0.2, 0.25) is 5.43 Å². The fraction of sp³-hybridized carbons (Fsp3) is 0.0625. The molecule has 1 heterocycles. The highest BCUT2D eigenvalue weighted by atomic mass is 16.5. The maximum Gasteiger partial charge on any atom is 0.379 e. The van der Waals surface area contributed by atoms with Crippen molar-refractivity contribution in [3.8, 4) is 0 Å². The van der Waals surface area contributed by atoms with Crippen LogP contribution in [-0.4, -0.2) is 18.9 Å². The van der Waals surface area contributed by atoms with E-state index in [1.54, 1.807) is 18.2 Å². The zero-order valence-electron chi connectivity index (χ0n) is 11.1. The lowest BCUT2D eigenvalue weighted by Crippen LogP contribution is -2.23. The third-order valence-corrected chi connectivity index (χ3v) is 3.28. The van der Waals surface area contributed by atoms with Crippen LogP contribution in [0.1, 0.15) is 10.4 Å². The number of ketones is 1. The second-order valence-corrected chi connectivity index (χ2v) is 4.46. The molecule has 0 bridgehead atoms. The summed E-state index contributed by atoms with van der Waals surface area (Å²) < 4.78 is 9.67. The average Bonchev–Trinajstić information content (AvgIpc) is 2.53. The fourth-order valence-corrected chi connectivity index (χ4v) is 2.25. The molecule has 0 atom stereocenters. The number of hydrogen-bond acceptors (Lipinski definition) is 5. The van der Waals surface area contributed by atoms with Crippen molar-refractivity contribution in [3.05, 3.63) is 58.4 Å². The second-order valence-electron chi connectivity index (χ2n) is 4.46. The molecule has 1 aromatic heterocycles. The Bertz CT molecular complexity index is 936. The Morgan fingerprint density at radius 1 is 1.10 bits per heavy atom. The molecule has 0 aliphatic carbocycles. The first-order valence-corrected chi connectivity index (χ1v) is 6.19. The Morgan fingerprint density at radius 3 is 2.62 bits per heavy atom. The van der Waals surface area contributed by atoms with Gasteiger partial charge in [0.1, 0.15) is 17.4 Å². The van der Waals surface area contributed by atoms with Gasteiger partial charge in [-0.2, -0.15) is 0 Å². The second kappa shape index (κ2) is 4.86. The summed E-state index contributed by atoms with van der Waals surface area (Å²) >= 11 is 0. The van der Waals surface area contributed by atoms with E-state index in [0.29, 0.717) is 11.0 Å². The number of hydrogen-bond donors (Lipinski definition) is 0. The van der Waals surface area contributed by atoms with E-state index in [0.717, 1.165) is 18.8 Å². The Hall–Kier alpha value is -2.95. The van der Waals surface area contributed by atoms with Gasteiger partial charge in [0.15, 0.2) is 0 Å². The van der Waals surface area contributed by atoms with Gasteiger partial charge in [0.25, 0.3) is 5.78 Å². The van der Waals surface area contributed by atoms with Crippen molar-refractivity contribution in [2.45, 2.75) is 0 Å². The van der Waals surface area contributed by atoms with E-state index in [2.05, 4.69) is 4.74 Å². The molecule has 5 heteroatoms. The first-order valence-electron chi connectivity index (χ1n) is 6.19. The predicted molar refractivity (Wildman–Crippen MR) is 76.3 cm³/mol. The first kappa shape index (κ1) is 13.1. The fourth-order valence-electron chi connectivity index (χ4n) is 2.25. The van der Waals surface area contributed by atoms with Crippen LogP contribution >= 0.6 is 0 Å². The van der Waals surface area contributed by atoms with Crippen LogP contribution < -0.4 is 5.43 Å². The highest BCUT2D eigenvalue weighted by molar-refractivity contribution is 6.40. The predicted octanol–water partition coefficient (Wildman–Crippen LogP) is 2.30. The number of Topliss-reactive ketones (excluding diaryl/α,β-unsaturated/α-hetero) is 1. The summed E-state index contributed by atoms with van der Waals surface area (Å²) in [6, 6.07) is 10.7. The Kier molecular flexibility index (Phi) is 3.02. The number of benzene rings is 2. The van der Waals surface area contributed by atoms with Gasteiger partial charge in [0.05, 0.1) is 12.5 Å². The van der Waals surface area contributed by atoms with Gasteiger partial charge in [-0.05, 0) is 16.8 Å². The van der Waals surface area contributed by atoms with Crippen molar-refractivity contribution in [1.29, 1.82) is 0 Å². The topological polar surface area (TPSA) is 73.6 Å². The van der Waals surface area contributed by atoms with Crippen LogP contribution in [0.4, 0.5) is 0 Å². The molecule has 3 aromatic rings. The van der Waals surface area contributed by atoms with Crippen LogP contribution in [0.5, 0.6) is 0 Å². The van der Waals surface area contributed by atoms with Gasteiger partial charge in [-0.15, -0.1) is 0 Å². The summed E-state index contributed by atoms with van der Waals surface area (Å²) in [7, 11) is 1.08. The lowest BCUT2D eigenvalue weighted by molar-refractivity contribution is -0.135. The maximum atomic E-state index is 12.5. The van der Waals surface area contributed by atoms with E-state index in [9.17, 15) is 14.4 Å². The Balaban J connectivity index is 2.39. The minimum Gasteiger partial charge on any atom is -0.463 e. The molecule has 0 fully saturated rings. The van der Waals surface area contributed by atoms with Crippen LogP contribution in [0.2, 0.25) is 0 Å². The van der Waals surface area contributed by atoms with Gasteiger partial charge < -0.3 is 9.15 Å². The summed E-state index contributed by atoms with van der Waals surface area (Å²) in [5, 5.41) is 1.80. The summed E-state index contributed by atoms with van der Waals surface area (Å²) in [6.45, 7) is 0. The molecule has 21 heavy (non-hydrogen) atoms. The number of carbonyl (C=O) groups excluding carboxylic acids is 2. The minimum absolute atomic E-state index is 0.280. The van der Waals surface area contributed by atoms with E-state index in [4.69, 9.17) is 4.42 Å².